The second kappa shape index (κ2) is 7.47. The molecule has 0 saturated heterocycles. The van der Waals surface area contributed by atoms with Gasteiger partial charge in [-0.25, -0.2) is 9.59 Å². The Morgan fingerprint density at radius 1 is 1.42 bits per heavy atom. The number of hydrogen-bond donors (Lipinski definition) is 3. The monoisotopic (exact) mass is 404 g/mol. The minimum atomic E-state index is -1.43. The molecule has 0 radical (unpaired) electrons. The van der Waals surface area contributed by atoms with E-state index in [0.29, 0.717) is 4.47 Å². The summed E-state index contributed by atoms with van der Waals surface area (Å²) in [5.41, 5.74) is -1.38. The molecule has 24 heavy (non-hydrogen) atoms. The summed E-state index contributed by atoms with van der Waals surface area (Å²) in [5.74, 6) is -2.02. The molecular formula is C14H17BrN2O7. The molecule has 132 valence electrons. The van der Waals surface area contributed by atoms with Crippen molar-refractivity contribution in [1.29, 1.82) is 0 Å². The zero-order chi connectivity index (χ0) is 18.7. The lowest BCUT2D eigenvalue weighted by atomic mass is 10.0. The van der Waals surface area contributed by atoms with Crippen LogP contribution in [0.25, 0.3) is 0 Å². The highest BCUT2D eigenvalue weighted by molar-refractivity contribution is 9.10. The first kappa shape index (κ1) is 19.7. The molecule has 1 aromatic carbocycles. The Hall–Kier alpha value is -2.36. The molecule has 1 aromatic rings. The fraction of sp³-hybridized carbons (Fsp3) is 0.429. The molecule has 0 fully saturated rings. The molecule has 1 unspecified atom stereocenters. The highest BCUT2D eigenvalue weighted by Crippen LogP contribution is 2.34. The van der Waals surface area contributed by atoms with Crippen LogP contribution in [0.15, 0.2) is 16.6 Å². The van der Waals surface area contributed by atoms with Crippen LogP contribution in [0.3, 0.4) is 0 Å². The van der Waals surface area contributed by atoms with Gasteiger partial charge in [0.25, 0.3) is 0 Å². The molecule has 3 N–H and O–H groups in total. The molecule has 0 aliphatic heterocycles. The van der Waals surface area contributed by atoms with Gasteiger partial charge in [-0.05, 0) is 26.8 Å². The second-order valence-electron chi connectivity index (χ2n) is 5.93. The summed E-state index contributed by atoms with van der Waals surface area (Å²) in [6.45, 7) is 4.85. The second-order valence-corrected chi connectivity index (χ2v) is 6.85. The van der Waals surface area contributed by atoms with E-state index in [0.717, 1.165) is 6.07 Å². The number of alkyl carbamates (subject to hydrolysis) is 1. The van der Waals surface area contributed by atoms with Crippen molar-refractivity contribution in [2.45, 2.75) is 38.8 Å². The maximum atomic E-state index is 11.7. The van der Waals surface area contributed by atoms with Crippen molar-refractivity contribution < 1.29 is 29.5 Å². The van der Waals surface area contributed by atoms with Crippen molar-refractivity contribution in [2.75, 3.05) is 0 Å². The Bertz CT molecular complexity index is 670. The molecular weight excluding hydrogens is 388 g/mol. The van der Waals surface area contributed by atoms with Gasteiger partial charge in [-0.3, -0.25) is 10.1 Å². The van der Waals surface area contributed by atoms with Crippen LogP contribution in [0.2, 0.25) is 0 Å². The van der Waals surface area contributed by atoms with Gasteiger partial charge in [0.05, 0.1) is 4.92 Å². The Morgan fingerprint density at radius 2 is 2.00 bits per heavy atom. The maximum absolute atomic E-state index is 11.7. The number of aromatic hydroxyl groups is 1. The first-order valence-electron chi connectivity index (χ1n) is 6.79. The molecule has 0 bridgehead atoms. The zero-order valence-electron chi connectivity index (χ0n) is 13.2. The van der Waals surface area contributed by atoms with Crippen LogP contribution >= 0.6 is 15.9 Å². The van der Waals surface area contributed by atoms with Crippen LogP contribution in [-0.4, -0.2) is 38.8 Å². The lowest BCUT2D eigenvalue weighted by molar-refractivity contribution is -0.386. The van der Waals surface area contributed by atoms with Gasteiger partial charge in [0.15, 0.2) is 5.75 Å². The third-order valence-corrected chi connectivity index (χ3v) is 3.20. The summed E-state index contributed by atoms with van der Waals surface area (Å²) in [6, 6.07) is 1.00. The van der Waals surface area contributed by atoms with Gasteiger partial charge < -0.3 is 20.3 Å². The topological polar surface area (TPSA) is 139 Å². The number of nitro groups is 1. The quantitative estimate of drug-likeness (QED) is 0.505. The molecule has 1 amide bonds. The Balaban J connectivity index is 3.04. The van der Waals surface area contributed by atoms with E-state index in [2.05, 4.69) is 21.2 Å². The van der Waals surface area contributed by atoms with Crippen molar-refractivity contribution in [2.24, 2.45) is 0 Å². The van der Waals surface area contributed by atoms with Crippen LogP contribution in [0.4, 0.5) is 10.5 Å². The molecule has 0 saturated carbocycles. The normalized spacial score (nSPS) is 12.3. The number of carbonyl (C=O) groups is 2. The average Bonchev–Trinajstić information content (AvgIpc) is 2.38. The number of carbonyl (C=O) groups excluding carboxylic acids is 1. The highest BCUT2D eigenvalue weighted by Gasteiger charge is 2.27. The predicted octanol–water partition coefficient (Wildman–Crippen LogP) is 2.58. The molecule has 0 spiro atoms. The molecule has 0 aliphatic carbocycles. The number of carboxylic acid groups (broad SMARTS) is 1. The molecule has 1 rings (SSSR count). The predicted molar refractivity (Wildman–Crippen MR) is 87.0 cm³/mol. The molecule has 0 heterocycles. The van der Waals surface area contributed by atoms with E-state index in [4.69, 9.17) is 4.74 Å². The summed E-state index contributed by atoms with van der Waals surface area (Å²) >= 11 is 3.06. The first-order chi connectivity index (χ1) is 10.9. The summed E-state index contributed by atoms with van der Waals surface area (Å²) in [4.78, 5) is 33.1. The van der Waals surface area contributed by atoms with Crippen molar-refractivity contribution in [3.8, 4) is 5.75 Å². The third-order valence-electron chi connectivity index (χ3n) is 2.74. The first-order valence-corrected chi connectivity index (χ1v) is 7.58. The van der Waals surface area contributed by atoms with Gasteiger partial charge in [-0.1, -0.05) is 15.9 Å². The maximum Gasteiger partial charge on any atom is 0.408 e. The van der Waals surface area contributed by atoms with Gasteiger partial charge in [0, 0.05) is 22.5 Å². The number of phenolic OH excluding ortho intramolecular Hbond substituents is 1. The minimum absolute atomic E-state index is 0.000432. The van der Waals surface area contributed by atoms with E-state index in [1.54, 1.807) is 20.8 Å². The van der Waals surface area contributed by atoms with E-state index >= 15 is 0 Å². The number of amides is 1. The minimum Gasteiger partial charge on any atom is -0.502 e. The zero-order valence-corrected chi connectivity index (χ0v) is 14.8. The van der Waals surface area contributed by atoms with Gasteiger partial charge in [-0.15, -0.1) is 0 Å². The van der Waals surface area contributed by atoms with E-state index in [1.807, 2.05) is 0 Å². The van der Waals surface area contributed by atoms with Gasteiger partial charge in [-0.2, -0.15) is 0 Å². The number of phenols is 1. The fourth-order valence-electron chi connectivity index (χ4n) is 1.80. The average molecular weight is 405 g/mol. The smallest absolute Gasteiger partial charge is 0.408 e. The number of nitrogens with one attached hydrogen (secondary N) is 1. The van der Waals surface area contributed by atoms with E-state index in [9.17, 15) is 29.9 Å². The fourth-order valence-corrected chi connectivity index (χ4v) is 2.30. The van der Waals surface area contributed by atoms with Crippen LogP contribution in [-0.2, 0) is 16.0 Å². The van der Waals surface area contributed by atoms with E-state index < -0.39 is 40.1 Å². The number of aliphatic carboxylic acids is 1. The summed E-state index contributed by atoms with van der Waals surface area (Å²) in [6.07, 6.45) is -1.31. The number of halogens is 1. The SMILES string of the molecule is CC(C)(C)OC(=O)NC(Cc1cc(Br)cc([N+](=O)[O-])c1O)C(=O)O. The Labute approximate surface area is 145 Å². The van der Waals surface area contributed by atoms with Crippen LogP contribution in [0, 0.1) is 10.1 Å². The summed E-state index contributed by atoms with van der Waals surface area (Å²) in [7, 11) is 0. The molecule has 10 heteroatoms. The number of hydrogen-bond acceptors (Lipinski definition) is 6. The van der Waals surface area contributed by atoms with Crippen molar-refractivity contribution in [3.05, 3.63) is 32.3 Å². The summed E-state index contributed by atoms with van der Waals surface area (Å²) in [5, 5.41) is 32.2. The van der Waals surface area contributed by atoms with Crippen molar-refractivity contribution >= 4 is 33.7 Å². The molecule has 1 atom stereocenters. The van der Waals surface area contributed by atoms with Gasteiger partial charge in [0.1, 0.15) is 11.6 Å². The lowest BCUT2D eigenvalue weighted by Gasteiger charge is -2.22. The van der Waals surface area contributed by atoms with E-state index in [1.165, 1.54) is 6.07 Å². The highest BCUT2D eigenvalue weighted by atomic mass is 79.9. The number of carboxylic acids is 1. The van der Waals surface area contributed by atoms with Crippen LogP contribution < -0.4 is 5.32 Å². The van der Waals surface area contributed by atoms with Crippen molar-refractivity contribution in [1.82, 2.24) is 5.32 Å². The number of nitro benzene ring substituents is 1. The standard InChI is InChI=1S/C14H17BrN2O7/c1-14(2,3)24-13(21)16-9(12(19)20)5-7-4-8(15)6-10(11(7)18)17(22)23/h4,6,9,18H,5H2,1-3H3,(H,16,21)(H,19,20). The van der Waals surface area contributed by atoms with Crippen LogP contribution in [0.1, 0.15) is 26.3 Å². The number of benzene rings is 1. The third kappa shape index (κ3) is 5.69. The van der Waals surface area contributed by atoms with Gasteiger partial charge >= 0.3 is 17.7 Å². The van der Waals surface area contributed by atoms with E-state index in [-0.39, 0.29) is 12.0 Å². The summed E-state index contributed by atoms with van der Waals surface area (Å²) < 4.78 is 5.27. The Kier molecular flexibility index (Phi) is 6.13. The number of rotatable bonds is 5. The van der Waals surface area contributed by atoms with Crippen LogP contribution in [0.5, 0.6) is 5.75 Å². The molecule has 0 aliphatic rings. The molecule has 9 nitrogen and oxygen atoms in total. The lowest BCUT2D eigenvalue weighted by Crippen LogP contribution is -2.44. The van der Waals surface area contributed by atoms with Gasteiger partial charge in [0.2, 0.25) is 0 Å². The van der Waals surface area contributed by atoms with Crippen molar-refractivity contribution in [3.63, 3.8) is 0 Å². The Morgan fingerprint density at radius 3 is 2.46 bits per heavy atom. The molecule has 0 aromatic heterocycles. The largest absolute Gasteiger partial charge is 0.502 e. The number of ether oxygens (including phenoxy) is 1. The number of nitrogens with zero attached hydrogens (tertiary/aromatic N) is 1.